The molecule has 1 aromatic heterocycles. The van der Waals surface area contributed by atoms with E-state index in [0.717, 1.165) is 23.1 Å². The van der Waals surface area contributed by atoms with Crippen LogP contribution in [0.2, 0.25) is 0 Å². The first-order chi connectivity index (χ1) is 11.0. The SMILES string of the molecule is O=C1Oc2cc(O)ccc2[C@@H]2c3sc(=O)[nH]c3S[C@H](C(=O)O)[C@@H]12. The molecule has 3 atom stereocenters. The monoisotopic (exact) mass is 351 g/mol. The minimum absolute atomic E-state index is 0.0579. The van der Waals surface area contributed by atoms with E-state index < -0.39 is 29.0 Å². The van der Waals surface area contributed by atoms with Gasteiger partial charge in [0.1, 0.15) is 16.7 Å². The van der Waals surface area contributed by atoms with E-state index >= 15 is 0 Å². The number of fused-ring (bicyclic) bond motifs is 5. The highest BCUT2D eigenvalue weighted by molar-refractivity contribution is 8.00. The van der Waals surface area contributed by atoms with Crippen molar-refractivity contribution >= 4 is 35.0 Å². The maximum atomic E-state index is 12.4. The highest BCUT2D eigenvalue weighted by Crippen LogP contribution is 2.53. The Bertz CT molecular complexity index is 901. The quantitative estimate of drug-likeness (QED) is 0.525. The molecule has 118 valence electrons. The molecule has 0 fully saturated rings. The van der Waals surface area contributed by atoms with E-state index in [-0.39, 0.29) is 16.4 Å². The lowest BCUT2D eigenvalue weighted by atomic mass is 9.80. The van der Waals surface area contributed by atoms with Crippen molar-refractivity contribution < 1.29 is 24.5 Å². The largest absolute Gasteiger partial charge is 0.508 e. The van der Waals surface area contributed by atoms with Crippen molar-refractivity contribution in [3.63, 3.8) is 0 Å². The first-order valence-electron chi connectivity index (χ1n) is 6.63. The van der Waals surface area contributed by atoms with Crippen molar-refractivity contribution in [2.45, 2.75) is 16.2 Å². The van der Waals surface area contributed by atoms with Crippen molar-refractivity contribution in [3.8, 4) is 11.5 Å². The zero-order chi connectivity index (χ0) is 16.3. The molecule has 0 spiro atoms. The van der Waals surface area contributed by atoms with Gasteiger partial charge in [0.05, 0.1) is 10.9 Å². The molecule has 2 aromatic rings. The summed E-state index contributed by atoms with van der Waals surface area (Å²) in [5.41, 5.74) is 0.593. The molecule has 9 heteroatoms. The second kappa shape index (κ2) is 4.87. The number of carbonyl (C=O) groups is 2. The molecule has 3 heterocycles. The van der Waals surface area contributed by atoms with E-state index in [1.165, 1.54) is 12.1 Å². The van der Waals surface area contributed by atoms with Crippen LogP contribution in [0.5, 0.6) is 11.5 Å². The van der Waals surface area contributed by atoms with E-state index in [1.807, 2.05) is 0 Å². The molecule has 0 saturated heterocycles. The molecule has 1 aromatic carbocycles. The number of carboxylic acids is 1. The van der Waals surface area contributed by atoms with Gasteiger partial charge in [-0.2, -0.15) is 0 Å². The summed E-state index contributed by atoms with van der Waals surface area (Å²) < 4.78 is 5.23. The van der Waals surface area contributed by atoms with Crippen LogP contribution in [-0.4, -0.2) is 32.4 Å². The maximum absolute atomic E-state index is 12.4. The third-order valence-corrected chi connectivity index (χ3v) is 6.31. The Labute approximate surface area is 136 Å². The predicted molar refractivity (Wildman–Crippen MR) is 81.3 cm³/mol. The number of esters is 1. The number of aromatic nitrogens is 1. The molecule has 0 amide bonds. The number of phenols is 1. The molecule has 2 aliphatic rings. The summed E-state index contributed by atoms with van der Waals surface area (Å²) in [4.78, 5) is 38.6. The molecule has 2 aliphatic heterocycles. The highest BCUT2D eigenvalue weighted by atomic mass is 32.2. The first-order valence-corrected chi connectivity index (χ1v) is 8.32. The minimum Gasteiger partial charge on any atom is -0.508 e. The molecule has 3 N–H and O–H groups in total. The number of H-pyrrole nitrogens is 1. The molecule has 7 nitrogen and oxygen atoms in total. The van der Waals surface area contributed by atoms with Gasteiger partial charge in [-0.15, -0.1) is 0 Å². The van der Waals surface area contributed by atoms with Gasteiger partial charge in [-0.25, -0.2) is 0 Å². The summed E-state index contributed by atoms with van der Waals surface area (Å²) in [5.74, 6) is -3.17. The number of carboxylic acid groups (broad SMARTS) is 1. The number of hydrogen-bond acceptors (Lipinski definition) is 7. The Hall–Kier alpha value is -2.26. The second-order valence-corrected chi connectivity index (χ2v) is 7.40. The van der Waals surface area contributed by atoms with E-state index in [0.29, 0.717) is 15.5 Å². The lowest BCUT2D eigenvalue weighted by Crippen LogP contribution is -2.44. The fourth-order valence-corrected chi connectivity index (χ4v) is 5.39. The van der Waals surface area contributed by atoms with Crippen LogP contribution >= 0.6 is 23.1 Å². The van der Waals surface area contributed by atoms with Gasteiger partial charge in [-0.3, -0.25) is 14.4 Å². The molecular formula is C14H9NO6S2. The number of rotatable bonds is 1. The number of nitrogens with one attached hydrogen (secondary N) is 1. The van der Waals surface area contributed by atoms with Gasteiger partial charge in [0.2, 0.25) is 0 Å². The molecule has 0 radical (unpaired) electrons. The summed E-state index contributed by atoms with van der Waals surface area (Å²) in [6.07, 6.45) is 0. The van der Waals surface area contributed by atoms with Gasteiger partial charge in [0.15, 0.2) is 0 Å². The van der Waals surface area contributed by atoms with E-state index in [4.69, 9.17) is 4.74 Å². The maximum Gasteiger partial charge on any atom is 0.317 e. The molecular weight excluding hydrogens is 342 g/mol. The van der Waals surface area contributed by atoms with Gasteiger partial charge in [-0.05, 0) is 6.07 Å². The topological polar surface area (TPSA) is 117 Å². The van der Waals surface area contributed by atoms with Crippen molar-refractivity contribution in [1.82, 2.24) is 4.98 Å². The molecule has 0 aliphatic carbocycles. The van der Waals surface area contributed by atoms with Crippen molar-refractivity contribution in [3.05, 3.63) is 38.3 Å². The first kappa shape index (κ1) is 14.3. The van der Waals surface area contributed by atoms with Crippen LogP contribution in [0.15, 0.2) is 28.0 Å². The van der Waals surface area contributed by atoms with Crippen molar-refractivity contribution in [1.29, 1.82) is 0 Å². The number of aliphatic carboxylic acids is 1. The molecule has 0 saturated carbocycles. The van der Waals surface area contributed by atoms with Gasteiger partial charge >= 0.3 is 16.8 Å². The lowest BCUT2D eigenvalue weighted by Gasteiger charge is -2.37. The zero-order valence-electron chi connectivity index (χ0n) is 11.3. The van der Waals surface area contributed by atoms with Crippen LogP contribution in [0.4, 0.5) is 0 Å². The number of carbonyl (C=O) groups excluding carboxylic acids is 1. The Morgan fingerprint density at radius 2 is 2.09 bits per heavy atom. The van der Waals surface area contributed by atoms with Crippen LogP contribution in [0.1, 0.15) is 16.4 Å². The van der Waals surface area contributed by atoms with Crippen LogP contribution in [-0.2, 0) is 9.59 Å². The van der Waals surface area contributed by atoms with Crippen molar-refractivity contribution in [2.24, 2.45) is 5.92 Å². The summed E-state index contributed by atoms with van der Waals surface area (Å²) in [7, 11) is 0. The van der Waals surface area contributed by atoms with Crippen LogP contribution < -0.4 is 9.61 Å². The summed E-state index contributed by atoms with van der Waals surface area (Å²) >= 11 is 1.92. The normalized spacial score (nSPS) is 25.0. The number of thiazole rings is 1. The van der Waals surface area contributed by atoms with Crippen LogP contribution in [0.25, 0.3) is 0 Å². The number of aromatic hydroxyl groups is 1. The Balaban J connectivity index is 1.98. The van der Waals surface area contributed by atoms with Gasteiger partial charge in [0, 0.05) is 22.4 Å². The van der Waals surface area contributed by atoms with Crippen LogP contribution in [0, 0.1) is 5.92 Å². The predicted octanol–water partition coefficient (Wildman–Crippen LogP) is 1.37. The van der Waals surface area contributed by atoms with E-state index in [1.54, 1.807) is 6.07 Å². The van der Waals surface area contributed by atoms with Crippen molar-refractivity contribution in [2.75, 3.05) is 0 Å². The Morgan fingerprint density at radius 1 is 1.30 bits per heavy atom. The summed E-state index contributed by atoms with van der Waals surface area (Å²) in [6, 6.07) is 4.36. The third-order valence-electron chi connectivity index (χ3n) is 3.91. The van der Waals surface area contributed by atoms with Crippen LogP contribution in [0.3, 0.4) is 0 Å². The van der Waals surface area contributed by atoms with Gasteiger partial charge in [0.25, 0.3) is 0 Å². The highest BCUT2D eigenvalue weighted by Gasteiger charge is 2.51. The molecule has 0 unspecified atom stereocenters. The van der Waals surface area contributed by atoms with E-state index in [2.05, 4.69) is 4.98 Å². The molecule has 0 bridgehead atoms. The number of ether oxygens (including phenoxy) is 1. The minimum atomic E-state index is -1.14. The standard InChI is InChI=1S/C14H9NO6S2/c16-4-1-2-5-6(3-4)21-13(19)8-7(5)9-11(15-14(20)23-9)22-10(8)12(17)18/h1-3,7-8,10,16H,(H,15,20)(H,17,18)/t7-,8-,10-/m0/s1. The average Bonchev–Trinajstić information content (AvgIpc) is 2.85. The smallest absolute Gasteiger partial charge is 0.317 e. The Kier molecular flexibility index (Phi) is 3.03. The lowest BCUT2D eigenvalue weighted by molar-refractivity contribution is -0.147. The molecule has 4 rings (SSSR count). The summed E-state index contributed by atoms with van der Waals surface area (Å²) in [6.45, 7) is 0. The number of phenolic OH excluding ortho intramolecular Hbond substituents is 1. The number of benzene rings is 1. The average molecular weight is 351 g/mol. The number of thioether (sulfide) groups is 1. The third kappa shape index (κ3) is 2.07. The summed E-state index contributed by atoms with van der Waals surface area (Å²) in [5, 5.41) is 18.5. The second-order valence-electron chi connectivity index (χ2n) is 5.23. The molecule has 23 heavy (non-hydrogen) atoms. The number of hydrogen-bond donors (Lipinski definition) is 3. The fraction of sp³-hybridized carbons (Fsp3) is 0.214. The van der Waals surface area contributed by atoms with Gasteiger partial charge in [-0.1, -0.05) is 29.2 Å². The van der Waals surface area contributed by atoms with Gasteiger partial charge < -0.3 is 19.9 Å². The number of aromatic amines is 1. The zero-order valence-corrected chi connectivity index (χ0v) is 12.9. The fourth-order valence-electron chi connectivity index (χ4n) is 3.00. The Morgan fingerprint density at radius 3 is 2.83 bits per heavy atom. The van der Waals surface area contributed by atoms with E-state index in [9.17, 15) is 24.6 Å².